The first-order valence-corrected chi connectivity index (χ1v) is 5.60. The van der Waals surface area contributed by atoms with Crippen LogP contribution in [0.5, 0.6) is 11.6 Å². The lowest BCUT2D eigenvalue weighted by atomic mass is 10.3. The largest absolute Gasteiger partial charge is 0.490 e. The van der Waals surface area contributed by atoms with Crippen LogP contribution in [-0.2, 0) is 0 Å². The van der Waals surface area contributed by atoms with Crippen LogP contribution in [0.25, 0.3) is 0 Å². The molecule has 18 heavy (non-hydrogen) atoms. The van der Waals surface area contributed by atoms with Crippen molar-refractivity contribution in [3.05, 3.63) is 54.2 Å². The third-order valence-electron chi connectivity index (χ3n) is 2.24. The quantitative estimate of drug-likeness (QED) is 0.577. The normalized spacial score (nSPS) is 9.78. The molecule has 0 aliphatic carbocycles. The van der Waals surface area contributed by atoms with E-state index in [1.807, 2.05) is 30.3 Å². The summed E-state index contributed by atoms with van der Waals surface area (Å²) in [5.74, 6) is 1.29. The summed E-state index contributed by atoms with van der Waals surface area (Å²) in [4.78, 5) is 14.4. The Balaban J connectivity index is 1.73. The first-order valence-electron chi connectivity index (χ1n) is 5.60. The molecule has 0 bridgehead atoms. The number of ether oxygens (including phenoxy) is 2. The highest BCUT2D eigenvalue weighted by molar-refractivity contribution is 5.73. The van der Waals surface area contributed by atoms with E-state index in [1.54, 1.807) is 12.1 Å². The molecule has 0 aliphatic rings. The lowest BCUT2D eigenvalue weighted by Gasteiger charge is -2.07. The SMILES string of the molecule is O=Cc1ccc(OCCOc2ccccc2)nc1. The zero-order valence-corrected chi connectivity index (χ0v) is 9.78. The van der Waals surface area contributed by atoms with E-state index in [4.69, 9.17) is 9.47 Å². The summed E-state index contributed by atoms with van der Waals surface area (Å²) in [5.41, 5.74) is 0.530. The number of para-hydroxylation sites is 1. The molecule has 0 unspecified atom stereocenters. The Morgan fingerprint density at radius 1 is 1.00 bits per heavy atom. The molecule has 4 nitrogen and oxygen atoms in total. The minimum absolute atomic E-state index is 0.405. The molecular formula is C14H13NO3. The van der Waals surface area contributed by atoms with Gasteiger partial charge in [-0.25, -0.2) is 4.98 Å². The summed E-state index contributed by atoms with van der Waals surface area (Å²) in [6.07, 6.45) is 2.22. The zero-order valence-electron chi connectivity index (χ0n) is 9.78. The van der Waals surface area contributed by atoms with Crippen LogP contribution in [0, 0.1) is 0 Å². The van der Waals surface area contributed by atoms with Gasteiger partial charge in [0.15, 0.2) is 6.29 Å². The molecule has 0 aliphatic heterocycles. The molecule has 0 spiro atoms. The first kappa shape index (κ1) is 12.1. The van der Waals surface area contributed by atoms with Crippen molar-refractivity contribution in [2.75, 3.05) is 13.2 Å². The highest BCUT2D eigenvalue weighted by Gasteiger charge is 1.97. The Morgan fingerprint density at radius 3 is 2.44 bits per heavy atom. The van der Waals surface area contributed by atoms with Crippen LogP contribution in [0.3, 0.4) is 0 Å². The maximum Gasteiger partial charge on any atom is 0.213 e. The number of rotatable bonds is 6. The van der Waals surface area contributed by atoms with Crippen LogP contribution in [-0.4, -0.2) is 24.5 Å². The van der Waals surface area contributed by atoms with Gasteiger partial charge in [0, 0.05) is 17.8 Å². The Kier molecular flexibility index (Phi) is 4.30. The summed E-state index contributed by atoms with van der Waals surface area (Å²) < 4.78 is 10.8. The predicted octanol–water partition coefficient (Wildman–Crippen LogP) is 2.35. The smallest absolute Gasteiger partial charge is 0.213 e. The van der Waals surface area contributed by atoms with Crippen LogP contribution in [0.4, 0.5) is 0 Å². The molecule has 0 radical (unpaired) electrons. The standard InChI is InChI=1S/C14H13NO3/c16-11-12-6-7-14(15-10-12)18-9-8-17-13-4-2-1-3-5-13/h1-7,10-11H,8-9H2. The van der Waals surface area contributed by atoms with E-state index < -0.39 is 0 Å². The van der Waals surface area contributed by atoms with Crippen LogP contribution < -0.4 is 9.47 Å². The van der Waals surface area contributed by atoms with E-state index in [9.17, 15) is 4.79 Å². The fourth-order valence-corrected chi connectivity index (χ4v) is 1.37. The third-order valence-corrected chi connectivity index (χ3v) is 2.24. The number of carbonyl (C=O) groups is 1. The van der Waals surface area contributed by atoms with Gasteiger partial charge in [0.25, 0.3) is 0 Å². The van der Waals surface area contributed by atoms with Gasteiger partial charge in [-0.3, -0.25) is 4.79 Å². The van der Waals surface area contributed by atoms with Gasteiger partial charge in [-0.1, -0.05) is 18.2 Å². The zero-order chi connectivity index (χ0) is 12.6. The molecule has 92 valence electrons. The topological polar surface area (TPSA) is 48.4 Å². The number of hydrogen-bond acceptors (Lipinski definition) is 4. The van der Waals surface area contributed by atoms with Crippen molar-refractivity contribution in [2.45, 2.75) is 0 Å². The molecule has 0 saturated heterocycles. The van der Waals surface area contributed by atoms with Gasteiger partial charge in [-0.15, -0.1) is 0 Å². The fourth-order valence-electron chi connectivity index (χ4n) is 1.37. The van der Waals surface area contributed by atoms with Crippen LogP contribution in [0.1, 0.15) is 10.4 Å². The molecule has 2 rings (SSSR count). The van der Waals surface area contributed by atoms with Gasteiger partial charge in [0.1, 0.15) is 19.0 Å². The molecule has 0 N–H and O–H groups in total. The molecule has 0 saturated carbocycles. The lowest BCUT2D eigenvalue weighted by molar-refractivity contribution is 0.112. The highest BCUT2D eigenvalue weighted by Crippen LogP contribution is 2.09. The van der Waals surface area contributed by atoms with Gasteiger partial charge in [0.2, 0.25) is 5.88 Å². The second-order valence-corrected chi connectivity index (χ2v) is 3.56. The van der Waals surface area contributed by atoms with Crippen molar-refractivity contribution in [1.29, 1.82) is 0 Å². The van der Waals surface area contributed by atoms with E-state index in [0.29, 0.717) is 24.7 Å². The van der Waals surface area contributed by atoms with Crippen LogP contribution in [0.2, 0.25) is 0 Å². The molecule has 1 heterocycles. The number of carbonyl (C=O) groups excluding carboxylic acids is 1. The van der Waals surface area contributed by atoms with Gasteiger partial charge in [-0.2, -0.15) is 0 Å². The minimum atomic E-state index is 0.405. The van der Waals surface area contributed by atoms with Crippen molar-refractivity contribution in [1.82, 2.24) is 4.98 Å². The van der Waals surface area contributed by atoms with E-state index in [1.165, 1.54) is 6.20 Å². The van der Waals surface area contributed by atoms with Crippen molar-refractivity contribution >= 4 is 6.29 Å². The summed E-state index contributed by atoms with van der Waals surface area (Å²) in [7, 11) is 0. The molecule has 2 aromatic rings. The molecule has 0 atom stereocenters. The lowest BCUT2D eigenvalue weighted by Crippen LogP contribution is -2.09. The Labute approximate surface area is 105 Å². The number of aromatic nitrogens is 1. The Morgan fingerprint density at radius 2 is 1.78 bits per heavy atom. The monoisotopic (exact) mass is 243 g/mol. The second kappa shape index (κ2) is 6.39. The maximum absolute atomic E-state index is 10.4. The van der Waals surface area contributed by atoms with E-state index in [0.717, 1.165) is 12.0 Å². The summed E-state index contributed by atoms with van der Waals surface area (Å²) in [6, 6.07) is 12.8. The average Bonchev–Trinajstić information content (AvgIpc) is 2.45. The van der Waals surface area contributed by atoms with Crippen molar-refractivity contribution < 1.29 is 14.3 Å². The number of aldehydes is 1. The van der Waals surface area contributed by atoms with Crippen LogP contribution >= 0.6 is 0 Å². The van der Waals surface area contributed by atoms with Crippen molar-refractivity contribution in [2.24, 2.45) is 0 Å². The van der Waals surface area contributed by atoms with Gasteiger partial charge < -0.3 is 9.47 Å². The van der Waals surface area contributed by atoms with E-state index in [-0.39, 0.29) is 0 Å². The molecular weight excluding hydrogens is 230 g/mol. The van der Waals surface area contributed by atoms with Crippen molar-refractivity contribution in [3.8, 4) is 11.6 Å². The molecule has 1 aromatic heterocycles. The highest BCUT2D eigenvalue weighted by atomic mass is 16.5. The summed E-state index contributed by atoms with van der Waals surface area (Å²) in [6.45, 7) is 0.851. The number of pyridine rings is 1. The second-order valence-electron chi connectivity index (χ2n) is 3.56. The minimum Gasteiger partial charge on any atom is -0.490 e. The van der Waals surface area contributed by atoms with Gasteiger partial charge in [0.05, 0.1) is 0 Å². The fraction of sp³-hybridized carbons (Fsp3) is 0.143. The van der Waals surface area contributed by atoms with Gasteiger partial charge in [-0.05, 0) is 18.2 Å². The number of nitrogens with zero attached hydrogens (tertiary/aromatic N) is 1. The Hall–Kier alpha value is -2.36. The van der Waals surface area contributed by atoms with Crippen LogP contribution in [0.15, 0.2) is 48.7 Å². The number of benzene rings is 1. The Bertz CT molecular complexity index is 482. The molecule has 0 fully saturated rings. The van der Waals surface area contributed by atoms with E-state index >= 15 is 0 Å². The molecule has 0 amide bonds. The summed E-state index contributed by atoms with van der Waals surface area (Å²) >= 11 is 0. The third kappa shape index (κ3) is 3.59. The maximum atomic E-state index is 10.4. The summed E-state index contributed by atoms with van der Waals surface area (Å²) in [5, 5.41) is 0. The molecule has 1 aromatic carbocycles. The van der Waals surface area contributed by atoms with E-state index in [2.05, 4.69) is 4.98 Å². The molecule has 4 heteroatoms. The van der Waals surface area contributed by atoms with Crippen molar-refractivity contribution in [3.63, 3.8) is 0 Å². The average molecular weight is 243 g/mol. The first-order chi connectivity index (χ1) is 8.88. The number of hydrogen-bond donors (Lipinski definition) is 0. The van der Waals surface area contributed by atoms with Gasteiger partial charge >= 0.3 is 0 Å². The predicted molar refractivity (Wildman–Crippen MR) is 67.1 cm³/mol.